The molecule has 0 bridgehead atoms. The van der Waals surface area contributed by atoms with Gasteiger partial charge in [-0.15, -0.1) is 0 Å². The Kier molecular flexibility index (Phi) is 5.42. The van der Waals surface area contributed by atoms with Crippen LogP contribution in [-0.4, -0.2) is 51.1 Å². The second-order valence-corrected chi connectivity index (χ2v) is 7.46. The highest BCUT2D eigenvalue weighted by atomic mass is 35.5. The van der Waals surface area contributed by atoms with Gasteiger partial charge in [-0.1, -0.05) is 41.9 Å². The number of aromatic nitrogens is 3. The maximum Gasteiger partial charge on any atom is 0.343 e. The van der Waals surface area contributed by atoms with E-state index in [2.05, 4.69) is 10.1 Å². The van der Waals surface area contributed by atoms with Crippen LogP contribution in [0.25, 0.3) is 5.65 Å². The molecule has 3 heterocycles. The Morgan fingerprint density at radius 3 is 2.53 bits per heavy atom. The van der Waals surface area contributed by atoms with Crippen molar-refractivity contribution < 1.29 is 18.7 Å². The van der Waals surface area contributed by atoms with Gasteiger partial charge in [0, 0.05) is 32.1 Å². The SMILES string of the molecule is CCOC(=O)c1cnn2c(Cl)c(C(=O)N3CCC(F)(c4ccccc4)CC3)cnc12. The molecule has 156 valence electrons. The molecule has 0 N–H and O–H groups in total. The van der Waals surface area contributed by atoms with Gasteiger partial charge in [0.15, 0.2) is 5.65 Å². The first-order chi connectivity index (χ1) is 14.4. The molecule has 0 saturated carbocycles. The van der Waals surface area contributed by atoms with Gasteiger partial charge in [0.05, 0.1) is 18.4 Å². The van der Waals surface area contributed by atoms with Crippen molar-refractivity contribution in [3.8, 4) is 0 Å². The van der Waals surface area contributed by atoms with E-state index in [1.165, 1.54) is 16.9 Å². The van der Waals surface area contributed by atoms with Crippen molar-refractivity contribution in [1.82, 2.24) is 19.5 Å². The molecule has 1 aliphatic heterocycles. The van der Waals surface area contributed by atoms with Crippen molar-refractivity contribution in [3.63, 3.8) is 0 Å². The second kappa shape index (κ2) is 8.02. The molecule has 0 radical (unpaired) electrons. The number of nitrogens with zero attached hydrogens (tertiary/aromatic N) is 4. The standard InChI is InChI=1S/C21H20ClFN4O3/c1-2-30-20(29)16-13-25-27-17(22)15(12-24-18(16)27)19(28)26-10-8-21(23,9-11-26)14-6-4-3-5-7-14/h3-7,12-13H,2,8-11H2,1H3. The number of esters is 1. The van der Waals surface area contributed by atoms with E-state index in [1.54, 1.807) is 24.0 Å². The Morgan fingerprint density at radius 2 is 1.87 bits per heavy atom. The first kappa shape index (κ1) is 20.3. The number of benzene rings is 1. The molecule has 1 aliphatic rings. The lowest BCUT2D eigenvalue weighted by Crippen LogP contribution is -2.43. The molecule has 1 fully saturated rings. The van der Waals surface area contributed by atoms with Crippen LogP contribution in [0.3, 0.4) is 0 Å². The van der Waals surface area contributed by atoms with Crippen LogP contribution in [0.5, 0.6) is 0 Å². The third-order valence-electron chi connectivity index (χ3n) is 5.33. The Labute approximate surface area is 177 Å². The van der Waals surface area contributed by atoms with Crippen molar-refractivity contribution in [2.75, 3.05) is 19.7 Å². The van der Waals surface area contributed by atoms with Gasteiger partial charge >= 0.3 is 5.97 Å². The van der Waals surface area contributed by atoms with E-state index in [-0.39, 0.29) is 60.4 Å². The maximum atomic E-state index is 15.3. The number of amides is 1. The number of piperidine rings is 1. The summed E-state index contributed by atoms with van der Waals surface area (Å²) in [5.74, 6) is -0.913. The quantitative estimate of drug-likeness (QED) is 0.466. The van der Waals surface area contributed by atoms with Crippen molar-refractivity contribution >= 4 is 29.1 Å². The summed E-state index contributed by atoms with van der Waals surface area (Å²) in [5, 5.41) is 4.11. The second-order valence-electron chi connectivity index (χ2n) is 7.10. The third kappa shape index (κ3) is 3.52. The summed E-state index contributed by atoms with van der Waals surface area (Å²) in [7, 11) is 0. The van der Waals surface area contributed by atoms with Gasteiger partial charge in [0.1, 0.15) is 16.4 Å². The minimum absolute atomic E-state index is 0.0423. The van der Waals surface area contributed by atoms with E-state index in [0.717, 1.165) is 0 Å². The van der Waals surface area contributed by atoms with Crippen LogP contribution in [0, 0.1) is 0 Å². The zero-order valence-corrected chi connectivity index (χ0v) is 17.1. The molecule has 30 heavy (non-hydrogen) atoms. The molecule has 0 unspecified atom stereocenters. The third-order valence-corrected chi connectivity index (χ3v) is 5.69. The monoisotopic (exact) mass is 430 g/mol. The Morgan fingerprint density at radius 1 is 1.17 bits per heavy atom. The van der Waals surface area contributed by atoms with E-state index in [9.17, 15) is 9.59 Å². The van der Waals surface area contributed by atoms with Crippen LogP contribution in [-0.2, 0) is 10.4 Å². The maximum absolute atomic E-state index is 15.3. The molecular formula is C21H20ClFN4O3. The van der Waals surface area contributed by atoms with E-state index in [0.29, 0.717) is 5.56 Å². The molecule has 1 aromatic carbocycles. The summed E-state index contributed by atoms with van der Waals surface area (Å²) in [5.41, 5.74) is -0.308. The number of fused-ring (bicyclic) bond motifs is 1. The fraction of sp³-hybridized carbons (Fsp3) is 0.333. The topological polar surface area (TPSA) is 76.8 Å². The van der Waals surface area contributed by atoms with Gasteiger partial charge in [-0.3, -0.25) is 4.79 Å². The van der Waals surface area contributed by atoms with E-state index < -0.39 is 11.6 Å². The van der Waals surface area contributed by atoms with Crippen LogP contribution >= 0.6 is 11.6 Å². The molecule has 9 heteroatoms. The fourth-order valence-corrected chi connectivity index (χ4v) is 3.91. The van der Waals surface area contributed by atoms with Crippen LogP contribution in [0.2, 0.25) is 5.15 Å². The molecule has 7 nitrogen and oxygen atoms in total. The number of carbonyl (C=O) groups excluding carboxylic acids is 2. The van der Waals surface area contributed by atoms with Crippen LogP contribution in [0.1, 0.15) is 46.0 Å². The lowest BCUT2D eigenvalue weighted by molar-refractivity contribution is 0.0420. The van der Waals surface area contributed by atoms with Gasteiger partial charge in [-0.05, 0) is 12.5 Å². The van der Waals surface area contributed by atoms with E-state index in [4.69, 9.17) is 16.3 Å². The molecule has 1 amide bonds. The van der Waals surface area contributed by atoms with Crippen molar-refractivity contribution in [1.29, 1.82) is 0 Å². The Balaban J connectivity index is 1.54. The number of rotatable bonds is 4. The van der Waals surface area contributed by atoms with Crippen molar-refractivity contribution in [3.05, 3.63) is 64.6 Å². The summed E-state index contributed by atoms with van der Waals surface area (Å²) in [6.45, 7) is 2.43. The summed E-state index contributed by atoms with van der Waals surface area (Å²) >= 11 is 6.39. The first-order valence-corrected chi connectivity index (χ1v) is 10.1. The van der Waals surface area contributed by atoms with Crippen molar-refractivity contribution in [2.45, 2.75) is 25.4 Å². The van der Waals surface area contributed by atoms with Crippen LogP contribution in [0.4, 0.5) is 4.39 Å². The number of carbonyl (C=O) groups is 2. The smallest absolute Gasteiger partial charge is 0.343 e. The van der Waals surface area contributed by atoms with Gasteiger partial charge in [-0.2, -0.15) is 5.10 Å². The first-order valence-electron chi connectivity index (χ1n) is 9.67. The number of alkyl halides is 1. The molecule has 1 saturated heterocycles. The van der Waals surface area contributed by atoms with Crippen LogP contribution < -0.4 is 0 Å². The summed E-state index contributed by atoms with van der Waals surface area (Å²) in [4.78, 5) is 30.8. The summed E-state index contributed by atoms with van der Waals surface area (Å²) in [6.07, 6.45) is 3.02. The predicted molar refractivity (Wildman–Crippen MR) is 108 cm³/mol. The highest BCUT2D eigenvalue weighted by Crippen LogP contribution is 2.37. The number of halogens is 2. The summed E-state index contributed by atoms with van der Waals surface area (Å²) < 4.78 is 21.5. The average Bonchev–Trinajstić information content (AvgIpc) is 3.20. The normalized spacial score (nSPS) is 15.9. The molecule has 4 rings (SSSR count). The van der Waals surface area contributed by atoms with E-state index in [1.807, 2.05) is 18.2 Å². The zero-order valence-electron chi connectivity index (χ0n) is 16.3. The van der Waals surface area contributed by atoms with Gasteiger partial charge in [-0.25, -0.2) is 18.7 Å². The number of likely N-dealkylation sites (tertiary alicyclic amines) is 1. The summed E-state index contributed by atoms with van der Waals surface area (Å²) in [6, 6.07) is 9.00. The number of hydrogen-bond acceptors (Lipinski definition) is 5. The largest absolute Gasteiger partial charge is 0.462 e. The molecule has 2 aromatic heterocycles. The average molecular weight is 431 g/mol. The number of hydrogen-bond donors (Lipinski definition) is 0. The molecule has 0 atom stereocenters. The molecular weight excluding hydrogens is 411 g/mol. The van der Waals surface area contributed by atoms with E-state index >= 15 is 4.39 Å². The minimum Gasteiger partial charge on any atom is -0.462 e. The fourth-order valence-electron chi connectivity index (χ4n) is 3.66. The van der Waals surface area contributed by atoms with Crippen molar-refractivity contribution in [2.24, 2.45) is 0 Å². The van der Waals surface area contributed by atoms with Gasteiger partial charge in [0.2, 0.25) is 0 Å². The lowest BCUT2D eigenvalue weighted by Gasteiger charge is -2.36. The minimum atomic E-state index is -1.46. The number of ether oxygens (including phenoxy) is 1. The van der Waals surface area contributed by atoms with Gasteiger partial charge in [0.25, 0.3) is 5.91 Å². The Bertz CT molecular complexity index is 1090. The highest BCUT2D eigenvalue weighted by molar-refractivity contribution is 6.33. The molecule has 0 aliphatic carbocycles. The zero-order chi connectivity index (χ0) is 21.3. The molecule has 3 aromatic rings. The Hall–Kier alpha value is -3.00. The van der Waals surface area contributed by atoms with Gasteiger partial charge < -0.3 is 9.64 Å². The lowest BCUT2D eigenvalue weighted by atomic mass is 9.86. The predicted octanol–water partition coefficient (Wildman–Crippen LogP) is 3.66. The van der Waals surface area contributed by atoms with Crippen LogP contribution in [0.15, 0.2) is 42.7 Å². The highest BCUT2D eigenvalue weighted by Gasteiger charge is 2.38. The molecule has 0 spiro atoms.